The molecular formula is C17H22N2O2. The van der Waals surface area contributed by atoms with Gasteiger partial charge in [0.15, 0.2) is 0 Å². The number of aliphatic hydroxyl groups is 1. The SMILES string of the molecule is Cc1ccc(C(=O)N(CCO)C2CCC2)c(C#CCN)c1. The molecule has 0 aromatic heterocycles. The Morgan fingerprint density at radius 3 is 2.81 bits per heavy atom. The molecular weight excluding hydrogens is 264 g/mol. The number of nitrogens with two attached hydrogens (primary N) is 1. The molecule has 4 heteroatoms. The van der Waals surface area contributed by atoms with Crippen LogP contribution in [0.3, 0.4) is 0 Å². The molecule has 3 N–H and O–H groups in total. The summed E-state index contributed by atoms with van der Waals surface area (Å²) in [4.78, 5) is 14.6. The third kappa shape index (κ3) is 3.63. The molecule has 0 spiro atoms. The van der Waals surface area contributed by atoms with Crippen LogP contribution in [0.5, 0.6) is 0 Å². The van der Waals surface area contributed by atoms with Gasteiger partial charge in [0.25, 0.3) is 5.91 Å². The molecule has 0 saturated heterocycles. The number of aliphatic hydroxyl groups excluding tert-OH is 1. The molecule has 0 heterocycles. The highest BCUT2D eigenvalue weighted by molar-refractivity contribution is 5.97. The van der Waals surface area contributed by atoms with Crippen molar-refractivity contribution in [3.05, 3.63) is 34.9 Å². The largest absolute Gasteiger partial charge is 0.395 e. The van der Waals surface area contributed by atoms with Gasteiger partial charge in [-0.15, -0.1) is 0 Å². The first-order valence-electron chi connectivity index (χ1n) is 7.38. The fraction of sp³-hybridized carbons (Fsp3) is 0.471. The second kappa shape index (κ2) is 7.26. The highest BCUT2D eigenvalue weighted by Gasteiger charge is 2.29. The van der Waals surface area contributed by atoms with E-state index in [0.717, 1.165) is 24.8 Å². The molecule has 1 amide bonds. The Morgan fingerprint density at radius 1 is 1.48 bits per heavy atom. The Morgan fingerprint density at radius 2 is 2.24 bits per heavy atom. The van der Waals surface area contributed by atoms with Crippen LogP contribution in [0.25, 0.3) is 0 Å². The predicted molar refractivity (Wildman–Crippen MR) is 82.9 cm³/mol. The lowest BCUT2D eigenvalue weighted by molar-refractivity contribution is 0.0525. The van der Waals surface area contributed by atoms with Crippen LogP contribution in [0.1, 0.15) is 40.7 Å². The monoisotopic (exact) mass is 286 g/mol. The third-order valence-corrected chi connectivity index (χ3v) is 3.85. The van der Waals surface area contributed by atoms with Crippen molar-refractivity contribution in [1.82, 2.24) is 4.90 Å². The number of amides is 1. The van der Waals surface area contributed by atoms with Crippen LogP contribution in [0, 0.1) is 18.8 Å². The Hall–Kier alpha value is -1.83. The zero-order chi connectivity index (χ0) is 15.2. The fourth-order valence-electron chi connectivity index (χ4n) is 2.51. The predicted octanol–water partition coefficient (Wildman–Crippen LogP) is 1.29. The molecule has 21 heavy (non-hydrogen) atoms. The lowest BCUT2D eigenvalue weighted by atomic mass is 9.90. The molecule has 2 rings (SSSR count). The summed E-state index contributed by atoms with van der Waals surface area (Å²) in [6.45, 7) is 2.60. The summed E-state index contributed by atoms with van der Waals surface area (Å²) in [5.41, 5.74) is 7.80. The number of hydrogen-bond donors (Lipinski definition) is 2. The van der Waals surface area contributed by atoms with E-state index in [1.165, 1.54) is 0 Å². The Kier molecular flexibility index (Phi) is 5.38. The van der Waals surface area contributed by atoms with E-state index in [0.29, 0.717) is 17.7 Å². The quantitative estimate of drug-likeness (QED) is 0.820. The van der Waals surface area contributed by atoms with Gasteiger partial charge < -0.3 is 15.7 Å². The van der Waals surface area contributed by atoms with Crippen molar-refractivity contribution < 1.29 is 9.90 Å². The van der Waals surface area contributed by atoms with Gasteiger partial charge in [0.05, 0.1) is 18.7 Å². The second-order valence-corrected chi connectivity index (χ2v) is 5.36. The molecule has 0 radical (unpaired) electrons. The first-order valence-corrected chi connectivity index (χ1v) is 7.38. The van der Waals surface area contributed by atoms with Gasteiger partial charge in [-0.1, -0.05) is 17.9 Å². The van der Waals surface area contributed by atoms with E-state index in [1.54, 1.807) is 4.90 Å². The molecule has 1 aromatic carbocycles. The number of aryl methyl sites for hydroxylation is 1. The maximum Gasteiger partial charge on any atom is 0.255 e. The molecule has 0 unspecified atom stereocenters. The minimum absolute atomic E-state index is 0.0160. The van der Waals surface area contributed by atoms with Gasteiger partial charge in [0.1, 0.15) is 0 Å². The summed E-state index contributed by atoms with van der Waals surface area (Å²) in [6.07, 6.45) is 3.18. The van der Waals surface area contributed by atoms with Crippen molar-refractivity contribution in [1.29, 1.82) is 0 Å². The lowest BCUT2D eigenvalue weighted by Gasteiger charge is -2.37. The molecule has 0 bridgehead atoms. The highest BCUT2D eigenvalue weighted by atomic mass is 16.3. The number of nitrogens with zero attached hydrogens (tertiary/aromatic N) is 1. The number of carbonyl (C=O) groups excluding carboxylic acids is 1. The van der Waals surface area contributed by atoms with Crippen LogP contribution in [-0.4, -0.2) is 41.7 Å². The van der Waals surface area contributed by atoms with Gasteiger partial charge in [0, 0.05) is 18.2 Å². The lowest BCUT2D eigenvalue weighted by Crippen LogP contribution is -2.45. The van der Waals surface area contributed by atoms with Crippen LogP contribution in [0.15, 0.2) is 18.2 Å². The summed E-state index contributed by atoms with van der Waals surface area (Å²) in [7, 11) is 0. The normalized spacial score (nSPS) is 14.0. The third-order valence-electron chi connectivity index (χ3n) is 3.85. The van der Waals surface area contributed by atoms with Crippen molar-refractivity contribution in [2.24, 2.45) is 5.73 Å². The smallest absolute Gasteiger partial charge is 0.255 e. The van der Waals surface area contributed by atoms with E-state index in [4.69, 9.17) is 5.73 Å². The zero-order valence-corrected chi connectivity index (χ0v) is 12.4. The van der Waals surface area contributed by atoms with Gasteiger partial charge in [-0.2, -0.15) is 0 Å². The highest BCUT2D eigenvalue weighted by Crippen LogP contribution is 2.26. The zero-order valence-electron chi connectivity index (χ0n) is 12.4. The molecule has 1 saturated carbocycles. The van der Waals surface area contributed by atoms with E-state index in [2.05, 4.69) is 11.8 Å². The maximum atomic E-state index is 12.8. The first kappa shape index (κ1) is 15.6. The molecule has 1 aliphatic carbocycles. The molecule has 1 aromatic rings. The van der Waals surface area contributed by atoms with Crippen LogP contribution in [0.4, 0.5) is 0 Å². The van der Waals surface area contributed by atoms with Crippen LogP contribution in [0.2, 0.25) is 0 Å². The summed E-state index contributed by atoms with van der Waals surface area (Å²) in [5, 5.41) is 9.22. The fourth-order valence-corrected chi connectivity index (χ4v) is 2.51. The number of hydrogen-bond acceptors (Lipinski definition) is 3. The summed E-state index contributed by atoms with van der Waals surface area (Å²) in [6, 6.07) is 5.90. The molecule has 0 aliphatic heterocycles. The summed E-state index contributed by atoms with van der Waals surface area (Å²) >= 11 is 0. The Balaban J connectivity index is 2.31. The molecule has 1 fully saturated rings. The Labute approximate surface area is 125 Å². The maximum absolute atomic E-state index is 12.8. The van der Waals surface area contributed by atoms with Crippen LogP contribution < -0.4 is 5.73 Å². The van der Waals surface area contributed by atoms with Gasteiger partial charge in [-0.05, 0) is 43.9 Å². The van der Waals surface area contributed by atoms with Gasteiger partial charge in [-0.25, -0.2) is 0 Å². The van der Waals surface area contributed by atoms with Gasteiger partial charge >= 0.3 is 0 Å². The van der Waals surface area contributed by atoms with Crippen molar-refractivity contribution in [3.63, 3.8) is 0 Å². The van der Waals surface area contributed by atoms with Crippen molar-refractivity contribution in [2.45, 2.75) is 32.2 Å². The van der Waals surface area contributed by atoms with Crippen LogP contribution >= 0.6 is 0 Å². The standard InChI is InChI=1S/C17H22N2O2/c1-13-7-8-16(14(12-13)4-3-9-18)17(21)19(10-11-20)15-5-2-6-15/h7-8,12,15,20H,2,5-6,9-11,18H2,1H3. The number of rotatable bonds is 4. The van der Waals surface area contributed by atoms with Crippen molar-refractivity contribution in [3.8, 4) is 11.8 Å². The molecule has 1 aliphatic rings. The van der Waals surface area contributed by atoms with Crippen molar-refractivity contribution in [2.75, 3.05) is 19.7 Å². The van der Waals surface area contributed by atoms with E-state index in [-0.39, 0.29) is 25.1 Å². The van der Waals surface area contributed by atoms with E-state index in [9.17, 15) is 9.90 Å². The first-order chi connectivity index (χ1) is 10.2. The average Bonchev–Trinajstić information content (AvgIpc) is 2.42. The van der Waals surface area contributed by atoms with Gasteiger partial charge in [-0.3, -0.25) is 4.79 Å². The van der Waals surface area contributed by atoms with E-state index >= 15 is 0 Å². The Bertz CT molecular complexity index is 568. The second-order valence-electron chi connectivity index (χ2n) is 5.36. The number of carbonyl (C=O) groups is 1. The molecule has 0 atom stereocenters. The van der Waals surface area contributed by atoms with E-state index in [1.807, 2.05) is 25.1 Å². The molecule has 4 nitrogen and oxygen atoms in total. The summed E-state index contributed by atoms with van der Waals surface area (Å²) < 4.78 is 0. The topological polar surface area (TPSA) is 66.6 Å². The van der Waals surface area contributed by atoms with E-state index < -0.39 is 0 Å². The minimum Gasteiger partial charge on any atom is -0.395 e. The van der Waals surface area contributed by atoms with Crippen molar-refractivity contribution >= 4 is 5.91 Å². The van der Waals surface area contributed by atoms with Gasteiger partial charge in [0.2, 0.25) is 0 Å². The number of benzene rings is 1. The summed E-state index contributed by atoms with van der Waals surface area (Å²) in [5.74, 6) is 5.75. The minimum atomic E-state index is -0.0462. The average molecular weight is 286 g/mol. The van der Waals surface area contributed by atoms with Crippen LogP contribution in [-0.2, 0) is 0 Å². The molecule has 112 valence electrons.